The minimum atomic E-state index is 0.258. The molecule has 0 heterocycles. The van der Waals surface area contributed by atoms with Gasteiger partial charge in [-0.15, -0.1) is 0 Å². The van der Waals surface area contributed by atoms with Gasteiger partial charge in [-0.25, -0.2) is 0 Å². The van der Waals surface area contributed by atoms with Crippen LogP contribution in [0.15, 0.2) is 0 Å². The maximum absolute atomic E-state index is 4.32. The topological polar surface area (TPSA) is 9.23 Å². The van der Waals surface area contributed by atoms with Crippen molar-refractivity contribution in [1.82, 2.24) is 0 Å². The summed E-state index contributed by atoms with van der Waals surface area (Å²) >= 11 is 9.73. The number of hydrogen-bond donors (Lipinski definition) is 1. The van der Waals surface area contributed by atoms with Gasteiger partial charge in [0.1, 0.15) is 0 Å². The molecule has 0 aliphatic carbocycles. The molecular weight excluding hydrogens is 289 g/mol. The second-order valence-electron chi connectivity index (χ2n) is 0.327. The summed E-state index contributed by atoms with van der Waals surface area (Å²) in [5, 5.41) is 0. The number of thiocarbonyl (C=S) groups is 1. The van der Waals surface area contributed by atoms with Gasteiger partial charge in [-0.1, -0.05) is 0 Å². The Hall–Kier alpha value is 0.980. The van der Waals surface area contributed by atoms with E-state index in [4.69, 9.17) is 0 Å². The molecule has 0 saturated heterocycles. The first-order valence-electron chi connectivity index (χ1n) is 0.755. The third-order valence-corrected chi connectivity index (χ3v) is 1.29. The molecule has 0 rings (SSSR count). The molecule has 0 fully saturated rings. The second kappa shape index (κ2) is 3.18. The van der Waals surface area contributed by atoms with E-state index in [1.807, 2.05) is 21.5 Å². The van der Waals surface area contributed by atoms with Gasteiger partial charge in [0.2, 0.25) is 0 Å². The van der Waals surface area contributed by atoms with Crippen LogP contribution in [0, 0.1) is 0 Å². The maximum atomic E-state index is 4.32. The van der Waals surface area contributed by atoms with Crippen LogP contribution >= 0.6 is 24.8 Å². The molecule has 0 atom stereocenters. The monoisotopic (exact) mass is 290 g/mol. The predicted octanol–water partition coefficient (Wildman–Crippen LogP) is 0.679. The Balaban J connectivity index is 2.85. The number of thiol groups is 1. The molecule has 0 saturated carbocycles. The summed E-state index contributed by atoms with van der Waals surface area (Å²) in [5.74, 6) is 0. The van der Waals surface area contributed by atoms with Crippen LogP contribution in [0.25, 0.3) is 0 Å². The van der Waals surface area contributed by atoms with E-state index in [1.54, 1.807) is 0 Å². The van der Waals surface area contributed by atoms with Gasteiger partial charge >= 0.3 is 53.9 Å². The average Bonchev–Trinajstić information content (AvgIpc) is 1.38. The van der Waals surface area contributed by atoms with E-state index in [0.717, 1.165) is 0 Å². The molecule has 0 radical (unpaired) electrons. The van der Waals surface area contributed by atoms with Crippen LogP contribution < -0.4 is 0 Å². The van der Waals surface area contributed by atoms with Crippen molar-refractivity contribution < 1.29 is 24.7 Å². The quantitative estimate of drug-likeness (QED) is 0.399. The summed E-state index contributed by atoms with van der Waals surface area (Å²) in [7, 11) is 0. The minimum absolute atomic E-state index is 0.258. The molecule has 34 valence electrons. The molecule has 1 nitrogen and oxygen atoms in total. The molecule has 0 aromatic carbocycles. The fourth-order valence-corrected chi connectivity index (χ4v) is 0. The van der Waals surface area contributed by atoms with Crippen LogP contribution in [0.5, 0.6) is 0 Å². The molecule has 0 unspecified atom stereocenters. The van der Waals surface area contributed by atoms with Crippen LogP contribution in [0.3, 0.4) is 0 Å². The van der Waals surface area contributed by atoms with Gasteiger partial charge in [0.15, 0.2) is 0 Å². The van der Waals surface area contributed by atoms with E-state index in [9.17, 15) is 0 Å². The van der Waals surface area contributed by atoms with Crippen molar-refractivity contribution in [3.8, 4) is 0 Å². The first-order chi connectivity index (χ1) is 2.27. The molecule has 5 heavy (non-hydrogen) atoms. The normalized spacial score (nSPS) is 7.00. The van der Waals surface area contributed by atoms with Crippen molar-refractivity contribution in [1.29, 1.82) is 0 Å². The fourth-order valence-electron chi connectivity index (χ4n) is 0. The summed E-state index contributed by atoms with van der Waals surface area (Å²) in [6.45, 7) is 0. The molecule has 0 spiro atoms. The summed E-state index contributed by atoms with van der Waals surface area (Å²) < 4.78 is 4.55. The summed E-state index contributed by atoms with van der Waals surface area (Å²) in [4.78, 5) is 0. The molecule has 0 bridgehead atoms. The van der Waals surface area contributed by atoms with Crippen LogP contribution in [0.2, 0.25) is 0 Å². The summed E-state index contributed by atoms with van der Waals surface area (Å²) in [5.41, 5.74) is 0. The van der Waals surface area contributed by atoms with E-state index >= 15 is 0 Å². The van der Waals surface area contributed by atoms with Crippen molar-refractivity contribution in [2.45, 2.75) is 0 Å². The first kappa shape index (κ1) is 5.98. The zero-order valence-corrected chi connectivity index (χ0v) is 5.94. The molecule has 0 aliphatic heterocycles. The first-order valence-corrected chi connectivity index (χ1v) is 2.49. The van der Waals surface area contributed by atoms with Crippen molar-refractivity contribution in [2.75, 3.05) is 0 Å². The van der Waals surface area contributed by atoms with Crippen LogP contribution in [0.4, 0.5) is 0 Å². The third-order valence-electron chi connectivity index (χ3n) is 0.0527. The predicted molar refractivity (Wildman–Crippen MR) is 22.7 cm³/mol. The van der Waals surface area contributed by atoms with Crippen molar-refractivity contribution in [2.24, 2.45) is 0 Å². The molecular formula is CHAuOS2. The van der Waals surface area contributed by atoms with Crippen molar-refractivity contribution in [3.63, 3.8) is 0 Å². The SMILES string of the molecule is S=C(S)[O][Au]. The van der Waals surface area contributed by atoms with E-state index in [2.05, 4.69) is 28.1 Å². The standard InChI is InChI=1S/CH2OS2.Au/c2-1(3)4;/h(H2,2,3,4);/q;+1/p-1. The van der Waals surface area contributed by atoms with Gasteiger partial charge in [-0.05, 0) is 0 Å². The fraction of sp³-hybridized carbons (Fsp3) is 0. The van der Waals surface area contributed by atoms with Crippen LogP contribution in [-0.2, 0) is 24.7 Å². The Kier molecular flexibility index (Phi) is 3.80. The Morgan fingerprint density at radius 2 is 2.20 bits per heavy atom. The van der Waals surface area contributed by atoms with Gasteiger partial charge in [-0.2, -0.15) is 0 Å². The molecule has 0 aliphatic rings. The molecule has 0 N–H and O–H groups in total. The third kappa shape index (κ3) is 4.98. The molecule has 0 aromatic rings. The van der Waals surface area contributed by atoms with Crippen LogP contribution in [-0.4, -0.2) is 4.38 Å². The van der Waals surface area contributed by atoms with E-state index in [-0.39, 0.29) is 4.38 Å². The Morgan fingerprint density at radius 1 is 2.00 bits per heavy atom. The summed E-state index contributed by atoms with van der Waals surface area (Å²) in [6.07, 6.45) is 0. The van der Waals surface area contributed by atoms with Gasteiger partial charge in [0.05, 0.1) is 0 Å². The average molecular weight is 290 g/mol. The molecule has 4 heteroatoms. The van der Waals surface area contributed by atoms with E-state index in [1.165, 1.54) is 0 Å². The Labute approximate surface area is 53.9 Å². The van der Waals surface area contributed by atoms with E-state index in [0.29, 0.717) is 0 Å². The summed E-state index contributed by atoms with van der Waals surface area (Å²) in [6, 6.07) is 0. The van der Waals surface area contributed by atoms with Gasteiger partial charge in [-0.3, -0.25) is 0 Å². The van der Waals surface area contributed by atoms with Gasteiger partial charge in [0, 0.05) is 0 Å². The zero-order valence-electron chi connectivity index (χ0n) is 2.07. The Bertz CT molecular complexity index is 44.9. The molecule has 0 aromatic heterocycles. The van der Waals surface area contributed by atoms with Gasteiger partial charge < -0.3 is 0 Å². The van der Waals surface area contributed by atoms with Gasteiger partial charge in [0.25, 0.3) is 0 Å². The van der Waals surface area contributed by atoms with Crippen molar-refractivity contribution in [3.05, 3.63) is 0 Å². The Morgan fingerprint density at radius 3 is 2.20 bits per heavy atom. The molecule has 0 amide bonds. The second-order valence-corrected chi connectivity index (χ2v) is 1.85. The number of rotatable bonds is 0. The zero-order chi connectivity index (χ0) is 4.28. The van der Waals surface area contributed by atoms with E-state index < -0.39 is 0 Å². The number of hydrogen-bond acceptors (Lipinski definition) is 2. The van der Waals surface area contributed by atoms with Crippen molar-refractivity contribution >= 4 is 29.2 Å². The van der Waals surface area contributed by atoms with Crippen LogP contribution in [0.1, 0.15) is 0 Å².